The second-order valence-corrected chi connectivity index (χ2v) is 22.7. The van der Waals surface area contributed by atoms with Gasteiger partial charge in [0.2, 0.25) is 0 Å². The summed E-state index contributed by atoms with van der Waals surface area (Å²) in [5.41, 5.74) is 0. The molecule has 0 heterocycles. The molecule has 0 fully saturated rings. The fourth-order valence-corrected chi connectivity index (χ4v) is 9.70. The van der Waals surface area contributed by atoms with E-state index < -0.39 is 6.10 Å². The normalized spacial score (nSPS) is 12.8. The highest BCUT2D eigenvalue weighted by Crippen LogP contribution is 2.17. The van der Waals surface area contributed by atoms with Gasteiger partial charge in [-0.15, -0.1) is 0 Å². The van der Waals surface area contributed by atoms with Crippen LogP contribution in [0.5, 0.6) is 0 Å². The number of carbonyl (C=O) groups excluding carboxylic acids is 3. The molecule has 0 N–H and O–H groups in total. The lowest BCUT2D eigenvalue weighted by molar-refractivity contribution is -0.167. The van der Waals surface area contributed by atoms with Gasteiger partial charge in [-0.3, -0.25) is 14.4 Å². The van der Waals surface area contributed by atoms with Crippen LogP contribution in [0.4, 0.5) is 0 Å². The van der Waals surface area contributed by atoms with Crippen molar-refractivity contribution in [2.24, 2.45) is 0 Å². The summed E-state index contributed by atoms with van der Waals surface area (Å²) in [5, 5.41) is 0. The van der Waals surface area contributed by atoms with Gasteiger partial charge in [-0.25, -0.2) is 0 Å². The maximum atomic E-state index is 12.9. The smallest absolute Gasteiger partial charge is 0.306 e. The molecule has 0 aromatic carbocycles. The molecule has 0 aliphatic rings. The van der Waals surface area contributed by atoms with E-state index in [0.717, 1.165) is 122 Å². The van der Waals surface area contributed by atoms with E-state index in [4.69, 9.17) is 14.2 Å². The van der Waals surface area contributed by atoms with Gasteiger partial charge in [0.15, 0.2) is 6.10 Å². The van der Waals surface area contributed by atoms with Gasteiger partial charge in [-0.1, -0.05) is 316 Å². The molecule has 0 saturated heterocycles. The number of hydrogen-bond donors (Lipinski definition) is 0. The molecule has 1 unspecified atom stereocenters. The van der Waals surface area contributed by atoms with Crippen molar-refractivity contribution < 1.29 is 28.6 Å². The van der Waals surface area contributed by atoms with Crippen LogP contribution in [-0.4, -0.2) is 37.2 Å². The summed E-state index contributed by atoms with van der Waals surface area (Å²) in [4.78, 5) is 38.3. The largest absolute Gasteiger partial charge is 0.462 e. The lowest BCUT2D eigenvalue weighted by Gasteiger charge is -2.18. The van der Waals surface area contributed by atoms with Crippen LogP contribution in [0.3, 0.4) is 0 Å². The number of unbranched alkanes of at least 4 members (excludes halogenated alkanes) is 33. The fraction of sp³-hybridized carbons (Fsp3) is 0.720. The van der Waals surface area contributed by atoms with Crippen LogP contribution < -0.4 is 0 Å². The van der Waals surface area contributed by atoms with Crippen LogP contribution in [0.1, 0.15) is 329 Å². The molecule has 0 aliphatic carbocycles. The predicted molar refractivity (Wildman–Crippen MR) is 353 cm³/mol. The average molecular weight is 1130 g/mol. The van der Waals surface area contributed by atoms with Crippen LogP contribution in [0.15, 0.2) is 109 Å². The Labute approximate surface area is 501 Å². The van der Waals surface area contributed by atoms with Crippen molar-refractivity contribution in [2.75, 3.05) is 13.2 Å². The van der Waals surface area contributed by atoms with E-state index in [1.807, 2.05) is 0 Å². The van der Waals surface area contributed by atoms with Crippen molar-refractivity contribution >= 4 is 17.9 Å². The second-order valence-electron chi connectivity index (χ2n) is 22.7. The van der Waals surface area contributed by atoms with Gasteiger partial charge >= 0.3 is 17.9 Å². The third kappa shape index (κ3) is 66.8. The van der Waals surface area contributed by atoms with Crippen molar-refractivity contribution in [1.82, 2.24) is 0 Å². The van der Waals surface area contributed by atoms with Crippen LogP contribution >= 0.6 is 0 Å². The summed E-state index contributed by atoms with van der Waals surface area (Å²) < 4.78 is 16.9. The van der Waals surface area contributed by atoms with Crippen molar-refractivity contribution in [3.05, 3.63) is 109 Å². The Balaban J connectivity index is 4.21. The predicted octanol–water partition coefficient (Wildman–Crippen LogP) is 23.8. The van der Waals surface area contributed by atoms with Gasteiger partial charge < -0.3 is 14.2 Å². The highest BCUT2D eigenvalue weighted by atomic mass is 16.6. The van der Waals surface area contributed by atoms with E-state index in [1.54, 1.807) is 0 Å². The maximum Gasteiger partial charge on any atom is 0.306 e. The van der Waals surface area contributed by atoms with Gasteiger partial charge in [0.25, 0.3) is 0 Å². The molecule has 6 nitrogen and oxygen atoms in total. The molecule has 6 heteroatoms. The highest BCUT2D eigenvalue weighted by Gasteiger charge is 2.19. The average Bonchev–Trinajstić information content (AvgIpc) is 3.46. The van der Waals surface area contributed by atoms with E-state index >= 15 is 0 Å². The first-order chi connectivity index (χ1) is 40.0. The van der Waals surface area contributed by atoms with E-state index in [-0.39, 0.29) is 31.1 Å². The molecule has 0 saturated carbocycles. The first kappa shape index (κ1) is 77.1. The SMILES string of the molecule is CC/C=C\C/C=C\C/C=C\C/C=C\C/C=C\C/C=C\CCCCCCCCCCCCCCCCC(=O)OCC(COC(=O)CCCCC/C=C\C/C=C\C/C=C\CC)OC(=O)CCCCCCCCCCCCCCCCCCC. The Morgan fingerprint density at radius 3 is 0.765 bits per heavy atom. The Morgan fingerprint density at radius 2 is 0.481 bits per heavy atom. The molecular formula is C75H128O6. The number of allylic oxidation sites excluding steroid dienone is 18. The molecule has 464 valence electrons. The minimum Gasteiger partial charge on any atom is -0.462 e. The molecule has 0 aromatic heterocycles. The maximum absolute atomic E-state index is 12.9. The zero-order valence-electron chi connectivity index (χ0n) is 53.3. The van der Waals surface area contributed by atoms with Gasteiger partial charge in [0.05, 0.1) is 0 Å². The molecule has 0 radical (unpaired) electrons. The monoisotopic (exact) mass is 1120 g/mol. The third-order valence-corrected chi connectivity index (χ3v) is 14.8. The molecule has 0 amide bonds. The first-order valence-electron chi connectivity index (χ1n) is 34.4. The van der Waals surface area contributed by atoms with Crippen LogP contribution in [0, 0.1) is 0 Å². The molecular weight excluding hydrogens is 997 g/mol. The molecule has 0 aliphatic heterocycles. The topological polar surface area (TPSA) is 78.9 Å². The van der Waals surface area contributed by atoms with Crippen molar-refractivity contribution in [2.45, 2.75) is 335 Å². The molecule has 0 spiro atoms. The minimum atomic E-state index is -0.789. The quantitative estimate of drug-likeness (QED) is 0.0261. The van der Waals surface area contributed by atoms with Crippen molar-refractivity contribution in [3.63, 3.8) is 0 Å². The van der Waals surface area contributed by atoms with E-state index in [9.17, 15) is 14.4 Å². The number of rotatable bonds is 62. The fourth-order valence-electron chi connectivity index (χ4n) is 9.70. The Hall–Kier alpha value is -3.93. The molecule has 81 heavy (non-hydrogen) atoms. The lowest BCUT2D eigenvalue weighted by Crippen LogP contribution is -2.30. The summed E-state index contributed by atoms with van der Waals surface area (Å²) in [6.07, 6.45) is 94.1. The van der Waals surface area contributed by atoms with Gasteiger partial charge in [-0.2, -0.15) is 0 Å². The minimum absolute atomic E-state index is 0.0844. The van der Waals surface area contributed by atoms with Crippen LogP contribution in [0.25, 0.3) is 0 Å². The zero-order valence-corrected chi connectivity index (χ0v) is 53.3. The third-order valence-electron chi connectivity index (χ3n) is 14.8. The Morgan fingerprint density at radius 1 is 0.259 bits per heavy atom. The second kappa shape index (κ2) is 68.6. The Bertz CT molecular complexity index is 1620. The molecule has 0 rings (SSSR count). The Kier molecular flexibility index (Phi) is 65.2. The summed E-state index contributed by atoms with van der Waals surface area (Å²) in [6.45, 7) is 6.42. The molecule has 0 aromatic rings. The zero-order chi connectivity index (χ0) is 58.5. The summed E-state index contributed by atoms with van der Waals surface area (Å²) in [6, 6.07) is 0. The van der Waals surface area contributed by atoms with Crippen molar-refractivity contribution in [1.29, 1.82) is 0 Å². The number of ether oxygens (including phenoxy) is 3. The lowest BCUT2D eigenvalue weighted by atomic mass is 10.0. The molecule has 0 bridgehead atoms. The van der Waals surface area contributed by atoms with Crippen LogP contribution in [0.2, 0.25) is 0 Å². The number of carbonyl (C=O) groups is 3. The standard InChI is InChI=1S/C75H128O6/c1-4-7-10-13-16-19-22-25-27-29-30-31-32-33-34-35-36-37-38-39-40-41-42-43-44-46-47-50-53-56-59-62-65-68-74(77)80-71-72(70-79-73(76)67-64-61-58-55-52-49-24-21-18-15-12-9-6-3)81-75(78)69-66-63-60-57-54-51-48-45-28-26-23-20-17-14-11-8-5-2/h7,9-10,12,16,18-19,21,25,27,30-31,33-34,36-37,49,52,72H,4-6,8,11,13-15,17,20,22-24,26,28-29,32,35,38-48,50-51,53-71H2,1-3H3/b10-7-,12-9-,19-16-,21-18-,27-25-,31-30-,34-33-,37-36-,52-49-. The molecule has 1 atom stereocenters. The first-order valence-corrected chi connectivity index (χ1v) is 34.4. The number of esters is 3. The van der Waals surface area contributed by atoms with E-state index in [1.165, 1.54) is 167 Å². The number of hydrogen-bond acceptors (Lipinski definition) is 6. The van der Waals surface area contributed by atoms with E-state index in [0.29, 0.717) is 19.3 Å². The van der Waals surface area contributed by atoms with Gasteiger partial charge in [0, 0.05) is 19.3 Å². The van der Waals surface area contributed by atoms with Gasteiger partial charge in [0.1, 0.15) is 13.2 Å². The summed E-state index contributed by atoms with van der Waals surface area (Å²) in [5.74, 6) is -0.901. The highest BCUT2D eigenvalue weighted by molar-refractivity contribution is 5.71. The summed E-state index contributed by atoms with van der Waals surface area (Å²) >= 11 is 0. The van der Waals surface area contributed by atoms with Crippen molar-refractivity contribution in [3.8, 4) is 0 Å². The summed E-state index contributed by atoms with van der Waals surface area (Å²) in [7, 11) is 0. The van der Waals surface area contributed by atoms with E-state index in [2.05, 4.69) is 130 Å². The van der Waals surface area contributed by atoms with Gasteiger partial charge in [-0.05, 0) is 103 Å². The van der Waals surface area contributed by atoms with Crippen LogP contribution in [-0.2, 0) is 28.6 Å².